The van der Waals surface area contributed by atoms with Crippen LogP contribution in [0, 0.1) is 0 Å². The Morgan fingerprint density at radius 1 is 1.13 bits per heavy atom. The maximum absolute atomic E-state index is 12.3. The molecule has 0 radical (unpaired) electrons. The number of rotatable bonds is 10. The van der Waals surface area contributed by atoms with Crippen LogP contribution in [0.15, 0.2) is 64.5 Å². The van der Waals surface area contributed by atoms with E-state index in [2.05, 4.69) is 15.0 Å². The monoisotopic (exact) mass is 439 g/mol. The summed E-state index contributed by atoms with van der Waals surface area (Å²) >= 11 is 0. The molecule has 0 amide bonds. The number of alkyl halides is 2. The van der Waals surface area contributed by atoms with Gasteiger partial charge in [0, 0.05) is 26.7 Å². The van der Waals surface area contributed by atoms with Crippen molar-refractivity contribution >= 4 is 15.8 Å². The van der Waals surface area contributed by atoms with Gasteiger partial charge in [0.1, 0.15) is 5.75 Å². The quantitative estimate of drug-likeness (QED) is 0.348. The highest BCUT2D eigenvalue weighted by atomic mass is 32.2. The van der Waals surface area contributed by atoms with E-state index in [1.54, 1.807) is 42.5 Å². The minimum atomic E-state index is -3.32. The Hall–Kier alpha value is -2.68. The number of benzene rings is 2. The third-order valence-corrected chi connectivity index (χ3v) is 6.02. The molecule has 0 aliphatic carbocycles. The van der Waals surface area contributed by atoms with Crippen LogP contribution in [0.3, 0.4) is 0 Å². The van der Waals surface area contributed by atoms with Crippen molar-refractivity contribution in [2.75, 3.05) is 25.9 Å². The van der Waals surface area contributed by atoms with E-state index in [1.165, 1.54) is 12.1 Å². The van der Waals surface area contributed by atoms with Crippen molar-refractivity contribution in [2.45, 2.75) is 31.4 Å². The zero-order chi connectivity index (χ0) is 22.0. The standard InChI is InChI=1S/C21H27F2N3O3S/c1-3-24-21(25-14-7-15-30(27,28)19-8-5-4-6-9-19)26(2)16-17-10-12-18(13-11-17)29-20(22)23/h4-6,8-13,20H,3,7,14-16H2,1-2H3,(H,24,25). The van der Waals surface area contributed by atoms with Gasteiger partial charge in [-0.25, -0.2) is 8.42 Å². The molecule has 164 valence electrons. The summed E-state index contributed by atoms with van der Waals surface area (Å²) in [4.78, 5) is 6.71. The Kier molecular flexibility index (Phi) is 9.04. The molecule has 0 bridgehead atoms. The van der Waals surface area contributed by atoms with Crippen LogP contribution < -0.4 is 10.1 Å². The van der Waals surface area contributed by atoms with Crippen LogP contribution in [0.1, 0.15) is 18.9 Å². The predicted molar refractivity (Wildman–Crippen MR) is 114 cm³/mol. The highest BCUT2D eigenvalue weighted by Crippen LogP contribution is 2.16. The molecular weight excluding hydrogens is 412 g/mol. The molecule has 9 heteroatoms. The summed E-state index contributed by atoms with van der Waals surface area (Å²) in [6.45, 7) is 0.617. The molecule has 0 fully saturated rings. The van der Waals surface area contributed by atoms with Crippen molar-refractivity contribution in [2.24, 2.45) is 4.99 Å². The molecule has 2 rings (SSSR count). The highest BCUT2D eigenvalue weighted by Gasteiger charge is 2.13. The first-order valence-electron chi connectivity index (χ1n) is 9.63. The first kappa shape index (κ1) is 23.6. The van der Waals surface area contributed by atoms with E-state index < -0.39 is 16.4 Å². The number of nitrogens with zero attached hydrogens (tertiary/aromatic N) is 2. The van der Waals surface area contributed by atoms with E-state index in [1.807, 2.05) is 18.9 Å². The zero-order valence-electron chi connectivity index (χ0n) is 17.1. The Labute approximate surface area is 176 Å². The van der Waals surface area contributed by atoms with Gasteiger partial charge in [-0.15, -0.1) is 0 Å². The van der Waals surface area contributed by atoms with E-state index in [4.69, 9.17) is 0 Å². The summed E-state index contributed by atoms with van der Waals surface area (Å²) in [5.74, 6) is 0.772. The molecule has 6 nitrogen and oxygen atoms in total. The minimum Gasteiger partial charge on any atom is -0.435 e. The fourth-order valence-corrected chi connectivity index (χ4v) is 4.10. The van der Waals surface area contributed by atoms with Crippen molar-refractivity contribution < 1.29 is 21.9 Å². The molecule has 0 saturated heterocycles. The highest BCUT2D eigenvalue weighted by molar-refractivity contribution is 7.91. The van der Waals surface area contributed by atoms with Crippen LogP contribution in [0.4, 0.5) is 8.78 Å². The Morgan fingerprint density at radius 3 is 2.40 bits per heavy atom. The lowest BCUT2D eigenvalue weighted by Crippen LogP contribution is -2.38. The molecule has 0 unspecified atom stereocenters. The molecule has 1 N–H and O–H groups in total. The van der Waals surface area contributed by atoms with Gasteiger partial charge < -0.3 is 15.0 Å². The van der Waals surface area contributed by atoms with Gasteiger partial charge in [0.25, 0.3) is 0 Å². The van der Waals surface area contributed by atoms with Gasteiger partial charge in [0.05, 0.1) is 10.6 Å². The van der Waals surface area contributed by atoms with E-state index in [0.717, 1.165) is 5.56 Å². The Morgan fingerprint density at radius 2 is 1.80 bits per heavy atom. The maximum Gasteiger partial charge on any atom is 0.387 e. The summed E-state index contributed by atoms with van der Waals surface area (Å²) in [5.41, 5.74) is 0.899. The van der Waals surface area contributed by atoms with Gasteiger partial charge in [-0.3, -0.25) is 4.99 Å². The van der Waals surface area contributed by atoms with Gasteiger partial charge in [0.2, 0.25) is 0 Å². The second kappa shape index (κ2) is 11.5. The lowest BCUT2D eigenvalue weighted by molar-refractivity contribution is -0.0498. The first-order chi connectivity index (χ1) is 14.3. The van der Waals surface area contributed by atoms with Crippen molar-refractivity contribution in [3.63, 3.8) is 0 Å². The third-order valence-electron chi connectivity index (χ3n) is 4.20. The maximum atomic E-state index is 12.3. The normalized spacial score (nSPS) is 12.1. The number of sulfone groups is 1. The predicted octanol–water partition coefficient (Wildman–Crippen LogP) is 3.55. The smallest absolute Gasteiger partial charge is 0.387 e. The number of halogens is 2. The van der Waals surface area contributed by atoms with Crippen LogP contribution in [0.2, 0.25) is 0 Å². The number of aliphatic imine (C=N–C) groups is 1. The summed E-state index contributed by atoms with van der Waals surface area (Å²) < 4.78 is 53.5. The summed E-state index contributed by atoms with van der Waals surface area (Å²) in [5, 5.41) is 3.17. The molecule has 0 saturated carbocycles. The molecule has 30 heavy (non-hydrogen) atoms. The average molecular weight is 440 g/mol. The molecule has 0 atom stereocenters. The van der Waals surface area contributed by atoms with Crippen molar-refractivity contribution in [1.82, 2.24) is 10.2 Å². The number of nitrogens with one attached hydrogen (secondary N) is 1. The lowest BCUT2D eigenvalue weighted by atomic mass is 10.2. The van der Waals surface area contributed by atoms with Gasteiger partial charge in [-0.1, -0.05) is 30.3 Å². The lowest BCUT2D eigenvalue weighted by Gasteiger charge is -2.22. The van der Waals surface area contributed by atoms with Crippen molar-refractivity contribution in [3.8, 4) is 5.75 Å². The second-order valence-corrected chi connectivity index (χ2v) is 8.71. The molecule has 2 aromatic carbocycles. The Bertz CT molecular complexity index is 905. The zero-order valence-corrected chi connectivity index (χ0v) is 17.9. The van der Waals surface area contributed by atoms with Crippen LogP contribution in [-0.4, -0.2) is 51.8 Å². The van der Waals surface area contributed by atoms with Gasteiger partial charge in [-0.05, 0) is 43.2 Å². The first-order valence-corrected chi connectivity index (χ1v) is 11.3. The van der Waals surface area contributed by atoms with E-state index in [0.29, 0.717) is 36.9 Å². The van der Waals surface area contributed by atoms with Gasteiger partial charge >= 0.3 is 6.61 Å². The topological polar surface area (TPSA) is 71.0 Å². The summed E-state index contributed by atoms with van der Waals surface area (Å²) in [6.07, 6.45) is 0.402. The molecule has 0 aliphatic rings. The third kappa shape index (κ3) is 7.62. The molecule has 2 aromatic rings. The molecule has 0 spiro atoms. The molecular formula is C21H27F2N3O3S. The summed E-state index contributed by atoms with van der Waals surface area (Å²) in [6, 6.07) is 14.8. The SMILES string of the molecule is CCNC(=NCCCS(=O)(=O)c1ccccc1)N(C)Cc1ccc(OC(F)F)cc1. The van der Waals surface area contributed by atoms with E-state index >= 15 is 0 Å². The van der Waals surface area contributed by atoms with Crippen molar-refractivity contribution in [3.05, 3.63) is 60.2 Å². The van der Waals surface area contributed by atoms with Crippen LogP contribution >= 0.6 is 0 Å². The molecule has 0 heterocycles. The fraction of sp³-hybridized carbons (Fsp3) is 0.381. The van der Waals surface area contributed by atoms with Gasteiger partial charge in [0.15, 0.2) is 15.8 Å². The van der Waals surface area contributed by atoms with E-state index in [9.17, 15) is 17.2 Å². The van der Waals surface area contributed by atoms with Crippen LogP contribution in [-0.2, 0) is 16.4 Å². The average Bonchev–Trinajstić information content (AvgIpc) is 2.72. The number of hydrogen-bond donors (Lipinski definition) is 1. The van der Waals surface area contributed by atoms with Crippen molar-refractivity contribution in [1.29, 1.82) is 0 Å². The van der Waals surface area contributed by atoms with E-state index in [-0.39, 0.29) is 11.5 Å². The van der Waals surface area contributed by atoms with Crippen LogP contribution in [0.5, 0.6) is 5.75 Å². The number of guanidine groups is 1. The molecule has 0 aliphatic heterocycles. The fourth-order valence-electron chi connectivity index (χ4n) is 2.78. The number of hydrogen-bond acceptors (Lipinski definition) is 4. The van der Waals surface area contributed by atoms with Crippen LogP contribution in [0.25, 0.3) is 0 Å². The summed E-state index contributed by atoms with van der Waals surface area (Å²) in [7, 11) is -1.47. The Balaban J connectivity index is 1.92. The number of ether oxygens (including phenoxy) is 1. The minimum absolute atomic E-state index is 0.0230. The molecule has 0 aromatic heterocycles. The second-order valence-electron chi connectivity index (χ2n) is 6.60. The van der Waals surface area contributed by atoms with Gasteiger partial charge in [-0.2, -0.15) is 8.78 Å². The largest absolute Gasteiger partial charge is 0.435 e.